The Kier molecular flexibility index (Phi) is 34.5. The second-order valence-corrected chi connectivity index (χ2v) is 12.2. The van der Waals surface area contributed by atoms with Crippen LogP contribution in [0.4, 0.5) is 0 Å². The van der Waals surface area contributed by atoms with Gasteiger partial charge < -0.3 is 15.5 Å². The van der Waals surface area contributed by atoms with Crippen LogP contribution in [-0.4, -0.2) is 34.9 Å². The van der Waals surface area contributed by atoms with Gasteiger partial charge in [0.25, 0.3) is 0 Å². The number of allylic oxidation sites excluding steroid dienone is 11. The maximum absolute atomic E-state index is 12.3. The van der Waals surface area contributed by atoms with Crippen molar-refractivity contribution in [1.29, 1.82) is 0 Å². The summed E-state index contributed by atoms with van der Waals surface area (Å²) in [6, 6.07) is -0.662. The summed E-state index contributed by atoms with van der Waals surface area (Å²) in [6.45, 7) is 4.14. The monoisotopic (exact) mass is 626 g/mol. The maximum Gasteiger partial charge on any atom is 0.220 e. The van der Waals surface area contributed by atoms with Gasteiger partial charge in [0.2, 0.25) is 5.91 Å². The first-order valence-electron chi connectivity index (χ1n) is 18.7. The van der Waals surface area contributed by atoms with E-state index in [1.54, 1.807) is 6.08 Å². The largest absolute Gasteiger partial charge is 0.394 e. The molecule has 0 aromatic carbocycles. The van der Waals surface area contributed by atoms with E-state index in [1.165, 1.54) is 70.6 Å². The average molecular weight is 626 g/mol. The molecule has 0 aliphatic carbocycles. The van der Waals surface area contributed by atoms with Crippen molar-refractivity contribution >= 4 is 5.91 Å². The van der Waals surface area contributed by atoms with E-state index in [4.69, 9.17) is 0 Å². The highest BCUT2D eigenvalue weighted by atomic mass is 16.3. The van der Waals surface area contributed by atoms with Crippen LogP contribution in [0, 0.1) is 0 Å². The number of carbonyl (C=O) groups is 1. The fourth-order valence-corrected chi connectivity index (χ4v) is 5.04. The number of aliphatic hydroxyl groups excluding tert-OH is 2. The van der Waals surface area contributed by atoms with Gasteiger partial charge in [-0.3, -0.25) is 4.79 Å². The van der Waals surface area contributed by atoms with Gasteiger partial charge in [0.1, 0.15) is 0 Å². The fraction of sp³-hybridized carbons (Fsp3) is 0.683. The normalized spacial score (nSPS) is 14.0. The molecular weight excluding hydrogens is 554 g/mol. The van der Waals surface area contributed by atoms with Crippen LogP contribution in [-0.2, 0) is 4.79 Å². The third kappa shape index (κ3) is 33.0. The molecule has 0 aliphatic rings. The van der Waals surface area contributed by atoms with Crippen molar-refractivity contribution in [3.63, 3.8) is 0 Å². The molecule has 4 nitrogen and oxygen atoms in total. The molecule has 1 amide bonds. The summed E-state index contributed by atoms with van der Waals surface area (Å²) in [5.74, 6) is -0.111. The Morgan fingerprint density at radius 3 is 1.56 bits per heavy atom. The molecule has 4 heteroatoms. The lowest BCUT2D eigenvalue weighted by Crippen LogP contribution is -2.45. The Balaban J connectivity index is 3.76. The Morgan fingerprint density at radius 2 is 1.00 bits per heavy atom. The van der Waals surface area contributed by atoms with Crippen molar-refractivity contribution in [3.05, 3.63) is 72.9 Å². The molecular formula is C41H71NO3. The molecule has 0 saturated carbocycles. The summed E-state index contributed by atoms with van der Waals surface area (Å²) in [4.78, 5) is 12.3. The lowest BCUT2D eigenvalue weighted by atomic mass is 10.1. The summed E-state index contributed by atoms with van der Waals surface area (Å²) >= 11 is 0. The zero-order valence-corrected chi connectivity index (χ0v) is 29.4. The Labute approximate surface area is 278 Å². The number of aliphatic hydroxyl groups is 2. The van der Waals surface area contributed by atoms with E-state index in [2.05, 4.69) is 79.9 Å². The van der Waals surface area contributed by atoms with Crippen molar-refractivity contribution in [2.75, 3.05) is 6.61 Å². The summed E-state index contributed by atoms with van der Waals surface area (Å²) in [5.41, 5.74) is 0. The van der Waals surface area contributed by atoms with E-state index in [0.717, 1.165) is 70.6 Å². The van der Waals surface area contributed by atoms with Gasteiger partial charge in [-0.05, 0) is 77.0 Å². The molecule has 2 unspecified atom stereocenters. The first kappa shape index (κ1) is 42.8. The second-order valence-electron chi connectivity index (χ2n) is 12.2. The predicted octanol–water partition coefficient (Wildman–Crippen LogP) is 11.2. The summed E-state index contributed by atoms with van der Waals surface area (Å²) in [7, 11) is 0. The Hall–Kier alpha value is -2.17. The lowest BCUT2D eigenvalue weighted by Gasteiger charge is -2.19. The van der Waals surface area contributed by atoms with E-state index in [0.29, 0.717) is 6.42 Å². The van der Waals surface area contributed by atoms with Gasteiger partial charge in [-0.2, -0.15) is 0 Å². The minimum Gasteiger partial charge on any atom is -0.394 e. The van der Waals surface area contributed by atoms with Gasteiger partial charge in [-0.1, -0.05) is 151 Å². The van der Waals surface area contributed by atoms with Crippen molar-refractivity contribution in [1.82, 2.24) is 5.32 Å². The van der Waals surface area contributed by atoms with Crippen molar-refractivity contribution in [2.45, 2.75) is 174 Å². The molecule has 0 aromatic heterocycles. The van der Waals surface area contributed by atoms with Crippen molar-refractivity contribution < 1.29 is 15.0 Å². The molecule has 0 heterocycles. The molecule has 0 radical (unpaired) electrons. The number of rotatable bonds is 32. The summed E-state index contributed by atoms with van der Waals surface area (Å²) < 4.78 is 0. The average Bonchev–Trinajstić information content (AvgIpc) is 3.04. The number of hydrogen-bond acceptors (Lipinski definition) is 3. The first-order valence-corrected chi connectivity index (χ1v) is 18.7. The SMILES string of the molecule is CC/C=C\C/C=C\C/C=C\CCCCCC(=O)NC(CO)C(O)/C=C/CC/C=C/CC/C=C/CCCCCCCCCCCC. The summed E-state index contributed by atoms with van der Waals surface area (Å²) in [5, 5.41) is 22.8. The Morgan fingerprint density at radius 1 is 0.556 bits per heavy atom. The molecule has 258 valence electrons. The molecule has 3 N–H and O–H groups in total. The van der Waals surface area contributed by atoms with E-state index < -0.39 is 12.1 Å². The van der Waals surface area contributed by atoms with Crippen LogP contribution >= 0.6 is 0 Å². The highest BCUT2D eigenvalue weighted by Gasteiger charge is 2.17. The second kappa shape index (κ2) is 36.3. The van der Waals surface area contributed by atoms with Crippen LogP contribution in [0.2, 0.25) is 0 Å². The fourth-order valence-electron chi connectivity index (χ4n) is 5.04. The van der Waals surface area contributed by atoms with Gasteiger partial charge in [0.15, 0.2) is 0 Å². The number of hydrogen-bond donors (Lipinski definition) is 3. The predicted molar refractivity (Wildman–Crippen MR) is 197 cm³/mol. The number of amides is 1. The highest BCUT2D eigenvalue weighted by molar-refractivity contribution is 5.76. The third-order valence-corrected chi connectivity index (χ3v) is 7.90. The molecule has 0 aliphatic heterocycles. The van der Waals surface area contributed by atoms with Crippen LogP contribution in [0.1, 0.15) is 162 Å². The third-order valence-electron chi connectivity index (χ3n) is 7.90. The van der Waals surface area contributed by atoms with Crippen LogP contribution in [0.15, 0.2) is 72.9 Å². The molecule has 0 saturated heterocycles. The molecule has 0 fully saturated rings. The molecule has 0 aromatic rings. The van der Waals surface area contributed by atoms with Crippen LogP contribution in [0.3, 0.4) is 0 Å². The van der Waals surface area contributed by atoms with Crippen LogP contribution in [0.5, 0.6) is 0 Å². The van der Waals surface area contributed by atoms with E-state index in [1.807, 2.05) is 6.08 Å². The minimum atomic E-state index is -0.884. The smallest absolute Gasteiger partial charge is 0.220 e. The zero-order chi connectivity index (χ0) is 32.9. The van der Waals surface area contributed by atoms with Gasteiger partial charge in [-0.25, -0.2) is 0 Å². The Bertz CT molecular complexity index is 808. The van der Waals surface area contributed by atoms with Gasteiger partial charge in [-0.15, -0.1) is 0 Å². The zero-order valence-electron chi connectivity index (χ0n) is 29.4. The molecule has 0 bridgehead atoms. The molecule has 45 heavy (non-hydrogen) atoms. The molecule has 0 rings (SSSR count). The van der Waals surface area contributed by atoms with E-state index in [-0.39, 0.29) is 12.5 Å². The molecule has 2 atom stereocenters. The number of nitrogens with one attached hydrogen (secondary N) is 1. The van der Waals surface area contributed by atoms with Crippen LogP contribution < -0.4 is 5.32 Å². The van der Waals surface area contributed by atoms with Crippen molar-refractivity contribution in [3.8, 4) is 0 Å². The van der Waals surface area contributed by atoms with E-state index >= 15 is 0 Å². The van der Waals surface area contributed by atoms with E-state index in [9.17, 15) is 15.0 Å². The van der Waals surface area contributed by atoms with Gasteiger partial charge in [0, 0.05) is 6.42 Å². The van der Waals surface area contributed by atoms with Gasteiger partial charge >= 0.3 is 0 Å². The van der Waals surface area contributed by atoms with Crippen molar-refractivity contribution in [2.24, 2.45) is 0 Å². The lowest BCUT2D eigenvalue weighted by molar-refractivity contribution is -0.123. The minimum absolute atomic E-state index is 0.111. The highest BCUT2D eigenvalue weighted by Crippen LogP contribution is 2.12. The topological polar surface area (TPSA) is 69.6 Å². The maximum atomic E-state index is 12.3. The quantitative estimate of drug-likeness (QED) is 0.0514. The number of unbranched alkanes of at least 4 members (excludes halogenated alkanes) is 15. The summed E-state index contributed by atoms with van der Waals surface area (Å²) in [6.07, 6.45) is 51.4. The number of carbonyl (C=O) groups excluding carboxylic acids is 1. The van der Waals surface area contributed by atoms with Gasteiger partial charge in [0.05, 0.1) is 18.8 Å². The first-order chi connectivity index (χ1) is 22.2. The molecule has 0 spiro atoms. The van der Waals surface area contributed by atoms with Crippen LogP contribution in [0.25, 0.3) is 0 Å². The standard InChI is InChI=1S/C41H71NO3/c1-3-5-7-9-11-13-15-17-18-19-20-21-22-23-25-26-28-30-32-34-36-40(44)39(38-43)42-41(45)37-35-33-31-29-27-24-16-14-12-10-8-6-4-2/h6,8,12,14,21-22,24,26-28,34,36,39-40,43-44H,3-5,7,9-11,13,15-20,23,25,29-33,35,37-38H2,1-2H3,(H,42,45)/b8-6-,14-12-,22-21+,27-24-,28-26+,36-34+.